The van der Waals surface area contributed by atoms with E-state index in [0.717, 1.165) is 32.3 Å². The molecular weight excluding hydrogens is 382 g/mol. The molecule has 3 aromatic rings. The number of nitrogens with zero attached hydrogens (tertiary/aromatic N) is 3. The van der Waals surface area contributed by atoms with Crippen LogP contribution < -0.4 is 9.47 Å². The minimum atomic E-state index is 0.0828. The fourth-order valence-corrected chi connectivity index (χ4v) is 4.57. The maximum atomic E-state index is 12.7. The third-order valence-corrected chi connectivity index (χ3v) is 6.08. The Bertz CT molecular complexity index is 960. The van der Waals surface area contributed by atoms with Gasteiger partial charge in [0.25, 0.3) is 0 Å². The number of hydrogen-bond acceptors (Lipinski definition) is 7. The number of carbonyl (C=O) groups excluding carboxylic acids is 1. The quantitative estimate of drug-likeness (QED) is 0.464. The number of ether oxygens (including phenoxy) is 2. The first-order valence-corrected chi connectivity index (χ1v) is 10.6. The summed E-state index contributed by atoms with van der Waals surface area (Å²) in [5, 5.41) is 3.85. The molecule has 0 N–H and O–H groups in total. The summed E-state index contributed by atoms with van der Waals surface area (Å²) in [6.45, 7) is 4.31. The van der Waals surface area contributed by atoms with Gasteiger partial charge in [-0.05, 0) is 36.1 Å². The summed E-state index contributed by atoms with van der Waals surface area (Å²) in [6, 6.07) is 7.84. The Kier molecular flexibility index (Phi) is 5.45. The summed E-state index contributed by atoms with van der Waals surface area (Å²) in [4.78, 5) is 24.1. The van der Waals surface area contributed by atoms with Gasteiger partial charge in [-0.1, -0.05) is 17.8 Å². The van der Waals surface area contributed by atoms with E-state index in [-0.39, 0.29) is 5.91 Å². The molecule has 1 amide bonds. The van der Waals surface area contributed by atoms with Crippen LogP contribution in [0.4, 0.5) is 0 Å². The number of thioether (sulfide) groups is 1. The van der Waals surface area contributed by atoms with Crippen molar-refractivity contribution in [2.24, 2.45) is 0 Å². The number of benzene rings is 1. The summed E-state index contributed by atoms with van der Waals surface area (Å²) in [5.41, 5.74) is 1.03. The third kappa shape index (κ3) is 4.01. The van der Waals surface area contributed by atoms with Crippen LogP contribution in [0, 0.1) is 0 Å². The predicted molar refractivity (Wildman–Crippen MR) is 107 cm³/mol. The van der Waals surface area contributed by atoms with Gasteiger partial charge in [-0.3, -0.25) is 4.79 Å². The molecule has 0 bridgehead atoms. The highest BCUT2D eigenvalue weighted by molar-refractivity contribution is 8.00. The fraction of sp³-hybridized carbons (Fsp3) is 0.316. The van der Waals surface area contributed by atoms with Gasteiger partial charge in [-0.25, -0.2) is 9.97 Å². The lowest BCUT2D eigenvalue weighted by atomic mass is 10.2. The van der Waals surface area contributed by atoms with Crippen LogP contribution in [0.3, 0.4) is 0 Å². The van der Waals surface area contributed by atoms with E-state index in [1.165, 1.54) is 11.8 Å². The van der Waals surface area contributed by atoms with E-state index in [1.54, 1.807) is 17.7 Å². The SMILES string of the molecule is CCN(Cc1ccc2c(c1)OCCO2)C(=O)CSc1ncnc2sccc12. The molecule has 4 rings (SSSR count). The number of carbonyl (C=O) groups is 1. The second kappa shape index (κ2) is 8.14. The van der Waals surface area contributed by atoms with Gasteiger partial charge in [-0.15, -0.1) is 11.3 Å². The van der Waals surface area contributed by atoms with Gasteiger partial charge >= 0.3 is 0 Å². The highest BCUT2D eigenvalue weighted by atomic mass is 32.2. The summed E-state index contributed by atoms with van der Waals surface area (Å²) < 4.78 is 11.2. The second-order valence-corrected chi connectivity index (χ2v) is 7.85. The first kappa shape index (κ1) is 18.1. The molecule has 2 aromatic heterocycles. The van der Waals surface area contributed by atoms with Crippen LogP contribution in [0.1, 0.15) is 12.5 Å². The van der Waals surface area contributed by atoms with E-state index < -0.39 is 0 Å². The van der Waals surface area contributed by atoms with E-state index in [1.807, 2.05) is 41.5 Å². The Labute approximate surface area is 165 Å². The van der Waals surface area contributed by atoms with Gasteiger partial charge in [0.2, 0.25) is 5.91 Å². The average molecular weight is 402 g/mol. The molecule has 0 unspecified atom stereocenters. The molecule has 0 radical (unpaired) electrons. The molecular formula is C19H19N3O3S2. The lowest BCUT2D eigenvalue weighted by Gasteiger charge is -2.23. The average Bonchev–Trinajstić information content (AvgIpc) is 3.19. The number of amides is 1. The van der Waals surface area contributed by atoms with E-state index in [0.29, 0.717) is 32.1 Å². The summed E-state index contributed by atoms with van der Waals surface area (Å²) in [7, 11) is 0. The normalized spacial score (nSPS) is 12.9. The Balaban J connectivity index is 1.41. The number of rotatable bonds is 6. The second-order valence-electron chi connectivity index (χ2n) is 5.99. The smallest absolute Gasteiger partial charge is 0.233 e. The van der Waals surface area contributed by atoms with Crippen LogP contribution in [0.25, 0.3) is 10.2 Å². The number of thiophene rings is 1. The monoisotopic (exact) mass is 401 g/mol. The standard InChI is InChI=1S/C19H19N3O3S2/c1-2-22(10-13-3-4-15-16(9-13)25-7-6-24-15)17(23)11-27-19-14-5-8-26-18(14)20-12-21-19/h3-5,8-9,12H,2,6-7,10-11H2,1H3. The molecule has 0 fully saturated rings. The molecule has 1 aromatic carbocycles. The van der Waals surface area contributed by atoms with Crippen molar-refractivity contribution in [3.8, 4) is 11.5 Å². The van der Waals surface area contributed by atoms with Crippen LogP contribution in [0.5, 0.6) is 11.5 Å². The molecule has 27 heavy (non-hydrogen) atoms. The number of aromatic nitrogens is 2. The van der Waals surface area contributed by atoms with Crippen molar-refractivity contribution in [3.63, 3.8) is 0 Å². The van der Waals surface area contributed by atoms with Gasteiger partial charge in [0.05, 0.1) is 5.75 Å². The third-order valence-electron chi connectivity index (χ3n) is 4.27. The van der Waals surface area contributed by atoms with E-state index >= 15 is 0 Å². The molecule has 1 aliphatic heterocycles. The molecule has 6 nitrogen and oxygen atoms in total. The van der Waals surface area contributed by atoms with E-state index in [2.05, 4.69) is 9.97 Å². The molecule has 0 aliphatic carbocycles. The summed E-state index contributed by atoms with van der Waals surface area (Å²) in [6.07, 6.45) is 1.55. The molecule has 0 spiro atoms. The zero-order valence-corrected chi connectivity index (χ0v) is 16.5. The largest absolute Gasteiger partial charge is 0.486 e. The van der Waals surface area contributed by atoms with Gasteiger partial charge < -0.3 is 14.4 Å². The van der Waals surface area contributed by atoms with Gasteiger partial charge in [0, 0.05) is 18.5 Å². The minimum Gasteiger partial charge on any atom is -0.486 e. The molecule has 3 heterocycles. The van der Waals surface area contributed by atoms with Crippen molar-refractivity contribution < 1.29 is 14.3 Å². The van der Waals surface area contributed by atoms with Crippen LogP contribution in [-0.4, -0.2) is 46.3 Å². The van der Waals surface area contributed by atoms with Crippen molar-refractivity contribution in [3.05, 3.63) is 41.5 Å². The van der Waals surface area contributed by atoms with Crippen LogP contribution in [-0.2, 0) is 11.3 Å². The van der Waals surface area contributed by atoms with Crippen molar-refractivity contribution in [1.82, 2.24) is 14.9 Å². The van der Waals surface area contributed by atoms with Gasteiger partial charge in [0.1, 0.15) is 29.4 Å². The van der Waals surface area contributed by atoms with Crippen molar-refractivity contribution >= 4 is 39.2 Å². The van der Waals surface area contributed by atoms with Gasteiger partial charge in [0.15, 0.2) is 11.5 Å². The Morgan fingerprint density at radius 1 is 1.22 bits per heavy atom. The Morgan fingerprint density at radius 2 is 2.07 bits per heavy atom. The highest BCUT2D eigenvalue weighted by Crippen LogP contribution is 2.31. The minimum absolute atomic E-state index is 0.0828. The molecule has 0 saturated carbocycles. The van der Waals surface area contributed by atoms with Crippen molar-refractivity contribution in [1.29, 1.82) is 0 Å². The molecule has 0 saturated heterocycles. The van der Waals surface area contributed by atoms with Crippen LogP contribution >= 0.6 is 23.1 Å². The first-order valence-electron chi connectivity index (χ1n) is 8.72. The van der Waals surface area contributed by atoms with Crippen LogP contribution in [0.15, 0.2) is 41.0 Å². The molecule has 140 valence electrons. The Hall–Kier alpha value is -2.32. The summed E-state index contributed by atoms with van der Waals surface area (Å²) >= 11 is 3.04. The first-order chi connectivity index (χ1) is 13.2. The van der Waals surface area contributed by atoms with E-state index in [9.17, 15) is 4.79 Å². The lowest BCUT2D eigenvalue weighted by molar-refractivity contribution is -0.128. The van der Waals surface area contributed by atoms with Crippen molar-refractivity contribution in [2.75, 3.05) is 25.5 Å². The Morgan fingerprint density at radius 3 is 2.93 bits per heavy atom. The summed E-state index contributed by atoms with van der Waals surface area (Å²) in [5.74, 6) is 1.94. The number of hydrogen-bond donors (Lipinski definition) is 0. The van der Waals surface area contributed by atoms with Gasteiger partial charge in [-0.2, -0.15) is 0 Å². The highest BCUT2D eigenvalue weighted by Gasteiger charge is 2.17. The predicted octanol–water partition coefficient (Wildman–Crippen LogP) is 3.60. The topological polar surface area (TPSA) is 64.6 Å². The lowest BCUT2D eigenvalue weighted by Crippen LogP contribution is -2.31. The molecule has 0 atom stereocenters. The fourth-order valence-electron chi connectivity index (χ4n) is 2.89. The van der Waals surface area contributed by atoms with Crippen LogP contribution in [0.2, 0.25) is 0 Å². The zero-order valence-electron chi connectivity index (χ0n) is 14.9. The van der Waals surface area contributed by atoms with Crippen molar-refractivity contribution in [2.45, 2.75) is 18.5 Å². The maximum Gasteiger partial charge on any atom is 0.233 e. The number of fused-ring (bicyclic) bond motifs is 2. The molecule has 1 aliphatic rings. The maximum absolute atomic E-state index is 12.7. The van der Waals surface area contributed by atoms with E-state index in [4.69, 9.17) is 9.47 Å². The molecule has 8 heteroatoms. The zero-order chi connectivity index (χ0) is 18.6.